The normalized spacial score (nSPS) is 17.5. The fourth-order valence-electron chi connectivity index (χ4n) is 3.88. The van der Waals surface area contributed by atoms with Crippen molar-refractivity contribution < 1.29 is 0 Å². The van der Waals surface area contributed by atoms with E-state index >= 15 is 0 Å². The molecule has 0 radical (unpaired) electrons. The number of benzene rings is 2. The molecule has 90 valence electrons. The van der Waals surface area contributed by atoms with Crippen LogP contribution in [0.4, 0.5) is 0 Å². The lowest BCUT2D eigenvalue weighted by Crippen LogP contribution is -1.94. The highest BCUT2D eigenvalue weighted by molar-refractivity contribution is 5.92. The molecule has 0 saturated heterocycles. The van der Waals surface area contributed by atoms with Crippen molar-refractivity contribution in [3.63, 3.8) is 0 Å². The van der Waals surface area contributed by atoms with Crippen molar-refractivity contribution in [2.75, 3.05) is 0 Å². The molecule has 0 nitrogen and oxygen atoms in total. The monoisotopic (exact) mass is 242 g/mol. The second-order valence-corrected chi connectivity index (χ2v) is 5.80. The van der Waals surface area contributed by atoms with E-state index in [2.05, 4.69) is 48.6 Å². The molecule has 0 bridgehead atoms. The lowest BCUT2D eigenvalue weighted by Gasteiger charge is -2.10. The van der Waals surface area contributed by atoms with Crippen molar-refractivity contribution in [1.29, 1.82) is 0 Å². The molecule has 0 heteroatoms. The number of hydrogen-bond donors (Lipinski definition) is 0. The molecule has 0 heterocycles. The molecule has 2 aromatic carbocycles. The highest BCUT2D eigenvalue weighted by Crippen LogP contribution is 2.46. The van der Waals surface area contributed by atoms with Gasteiger partial charge in [0.1, 0.15) is 0 Å². The summed E-state index contributed by atoms with van der Waals surface area (Å²) in [6.07, 6.45) is 7.98. The molecule has 0 fully saturated rings. The Kier molecular flexibility index (Phi) is 1.69. The van der Waals surface area contributed by atoms with Crippen LogP contribution in [0, 0.1) is 0 Å². The standard InChI is InChI=1S/C19H14/c1-2-7-17-14(4-1)9-16-10-15-8-12-5-3-6-13(12)11-18(15)19(16)17/h1-4,6-8,11H,5,9-10H2. The molecule has 2 aromatic rings. The third-order valence-electron chi connectivity index (χ3n) is 4.72. The first-order chi connectivity index (χ1) is 9.40. The van der Waals surface area contributed by atoms with E-state index in [1.165, 1.54) is 33.4 Å². The maximum absolute atomic E-state index is 2.44. The highest BCUT2D eigenvalue weighted by Gasteiger charge is 2.30. The molecule has 0 atom stereocenters. The van der Waals surface area contributed by atoms with Crippen LogP contribution >= 0.6 is 0 Å². The zero-order valence-corrected chi connectivity index (χ0v) is 10.7. The minimum atomic E-state index is 1.11. The average Bonchev–Trinajstić information content (AvgIpc) is 3.07. The minimum Gasteiger partial charge on any atom is -0.0795 e. The quantitative estimate of drug-likeness (QED) is 0.650. The minimum absolute atomic E-state index is 1.11. The Bertz CT molecular complexity index is 788. The van der Waals surface area contributed by atoms with Gasteiger partial charge in [-0.1, -0.05) is 48.1 Å². The van der Waals surface area contributed by atoms with Crippen LogP contribution in [0.1, 0.15) is 33.4 Å². The smallest absolute Gasteiger partial charge is 0.00480 e. The predicted molar refractivity (Wildman–Crippen MR) is 79.1 cm³/mol. The van der Waals surface area contributed by atoms with Gasteiger partial charge in [0.05, 0.1) is 0 Å². The topological polar surface area (TPSA) is 0 Å². The van der Waals surface area contributed by atoms with Gasteiger partial charge in [0.25, 0.3) is 0 Å². The zero-order chi connectivity index (χ0) is 12.4. The molecule has 3 aliphatic rings. The van der Waals surface area contributed by atoms with Gasteiger partial charge < -0.3 is 0 Å². The first kappa shape index (κ1) is 9.80. The molecular weight excluding hydrogens is 228 g/mol. The predicted octanol–water partition coefficient (Wildman–Crippen LogP) is 4.17. The van der Waals surface area contributed by atoms with Crippen molar-refractivity contribution in [2.45, 2.75) is 19.3 Å². The Morgan fingerprint density at radius 2 is 1.68 bits per heavy atom. The van der Waals surface area contributed by atoms with E-state index in [1.807, 2.05) is 0 Å². The van der Waals surface area contributed by atoms with Gasteiger partial charge in [0, 0.05) is 0 Å². The van der Waals surface area contributed by atoms with Crippen LogP contribution in [0.15, 0.2) is 48.0 Å². The van der Waals surface area contributed by atoms with Gasteiger partial charge in [0.2, 0.25) is 0 Å². The van der Waals surface area contributed by atoms with Crippen molar-refractivity contribution in [3.8, 4) is 0 Å². The molecule has 0 amide bonds. The summed E-state index contributed by atoms with van der Waals surface area (Å²) in [4.78, 5) is 0. The largest absolute Gasteiger partial charge is 0.0795 e. The van der Waals surface area contributed by atoms with Crippen molar-refractivity contribution in [2.24, 2.45) is 0 Å². The van der Waals surface area contributed by atoms with Crippen molar-refractivity contribution in [3.05, 3.63) is 81.4 Å². The Morgan fingerprint density at radius 1 is 0.789 bits per heavy atom. The SMILES string of the molecule is C1=Cc2cc3c(cc2C1)CC1=C3c2ccccc2C1. The maximum Gasteiger partial charge on any atom is -0.00480 e. The first-order valence-electron chi connectivity index (χ1n) is 7.03. The molecule has 3 aliphatic carbocycles. The molecule has 5 rings (SSSR count). The van der Waals surface area contributed by atoms with Gasteiger partial charge in [0.15, 0.2) is 0 Å². The molecule has 0 spiro atoms. The lowest BCUT2D eigenvalue weighted by atomic mass is 9.94. The van der Waals surface area contributed by atoms with Crippen molar-refractivity contribution in [1.82, 2.24) is 0 Å². The molecule has 0 aromatic heterocycles. The molecule has 0 unspecified atom stereocenters. The average molecular weight is 242 g/mol. The fraction of sp³-hybridized carbons (Fsp3) is 0.158. The van der Waals surface area contributed by atoms with Gasteiger partial charge in [-0.25, -0.2) is 0 Å². The van der Waals surface area contributed by atoms with Gasteiger partial charge in [-0.05, 0) is 64.3 Å². The maximum atomic E-state index is 2.44. The van der Waals surface area contributed by atoms with E-state index in [0.29, 0.717) is 0 Å². The van der Waals surface area contributed by atoms with Crippen LogP contribution in [0.3, 0.4) is 0 Å². The first-order valence-corrected chi connectivity index (χ1v) is 7.03. The van der Waals surface area contributed by atoms with Gasteiger partial charge in [-0.3, -0.25) is 0 Å². The summed E-state index contributed by atoms with van der Waals surface area (Å²) in [6, 6.07) is 13.7. The van der Waals surface area contributed by atoms with Gasteiger partial charge >= 0.3 is 0 Å². The van der Waals surface area contributed by atoms with Gasteiger partial charge in [-0.2, -0.15) is 0 Å². The number of fused-ring (bicyclic) bond motifs is 5. The zero-order valence-electron chi connectivity index (χ0n) is 10.7. The third-order valence-corrected chi connectivity index (χ3v) is 4.72. The lowest BCUT2D eigenvalue weighted by molar-refractivity contribution is 1.08. The van der Waals surface area contributed by atoms with E-state index in [4.69, 9.17) is 0 Å². The number of rotatable bonds is 0. The molecule has 0 N–H and O–H groups in total. The summed E-state index contributed by atoms with van der Waals surface area (Å²) in [5, 5.41) is 0. The van der Waals surface area contributed by atoms with E-state index in [-0.39, 0.29) is 0 Å². The van der Waals surface area contributed by atoms with Crippen LogP contribution in [-0.2, 0) is 19.3 Å². The molecular formula is C19H14. The summed E-state index contributed by atoms with van der Waals surface area (Å²) < 4.78 is 0. The van der Waals surface area contributed by atoms with Crippen molar-refractivity contribution >= 4 is 11.6 Å². The Labute approximate surface area is 113 Å². The summed E-state index contributed by atoms with van der Waals surface area (Å²) >= 11 is 0. The van der Waals surface area contributed by atoms with E-state index in [0.717, 1.165) is 19.3 Å². The molecule has 0 aliphatic heterocycles. The van der Waals surface area contributed by atoms with Crippen LogP contribution < -0.4 is 0 Å². The summed E-state index contributed by atoms with van der Waals surface area (Å²) in [5.74, 6) is 0. The van der Waals surface area contributed by atoms with Crippen LogP contribution in [0.5, 0.6) is 0 Å². The second-order valence-electron chi connectivity index (χ2n) is 5.80. The number of allylic oxidation sites excluding steroid dienone is 2. The third kappa shape index (κ3) is 1.19. The fourth-order valence-corrected chi connectivity index (χ4v) is 3.88. The highest BCUT2D eigenvalue weighted by atomic mass is 14.3. The molecule has 19 heavy (non-hydrogen) atoms. The Morgan fingerprint density at radius 3 is 2.68 bits per heavy atom. The van der Waals surface area contributed by atoms with Gasteiger partial charge in [-0.15, -0.1) is 0 Å². The van der Waals surface area contributed by atoms with Crippen LogP contribution in [0.2, 0.25) is 0 Å². The van der Waals surface area contributed by atoms with E-state index < -0.39 is 0 Å². The summed E-state index contributed by atoms with van der Waals surface area (Å²) in [5.41, 5.74) is 12.1. The van der Waals surface area contributed by atoms with E-state index in [1.54, 1.807) is 11.1 Å². The van der Waals surface area contributed by atoms with Crippen LogP contribution in [-0.4, -0.2) is 0 Å². The Balaban J connectivity index is 1.76. The van der Waals surface area contributed by atoms with E-state index in [9.17, 15) is 0 Å². The number of hydrogen-bond acceptors (Lipinski definition) is 0. The molecule has 0 saturated carbocycles. The Hall–Kier alpha value is -2.08. The second kappa shape index (κ2) is 3.27. The van der Waals surface area contributed by atoms with Crippen LogP contribution in [0.25, 0.3) is 11.6 Å². The summed E-state index contributed by atoms with van der Waals surface area (Å²) in [7, 11) is 0. The summed E-state index contributed by atoms with van der Waals surface area (Å²) in [6.45, 7) is 0.